The Morgan fingerprint density at radius 3 is 2.50 bits per heavy atom. The number of fused-ring (bicyclic) bond motifs is 1. The largest absolute Gasteiger partial charge is 0.347 e. The lowest BCUT2D eigenvalue weighted by atomic mass is 10.1. The Morgan fingerprint density at radius 2 is 1.81 bits per heavy atom. The van der Waals surface area contributed by atoms with Crippen LogP contribution in [0.4, 0.5) is 10.8 Å². The monoisotopic (exact) mass is 447 g/mol. The highest BCUT2D eigenvalue weighted by Crippen LogP contribution is 2.25. The first kappa shape index (κ1) is 21.4. The molecule has 0 aliphatic rings. The molecular weight excluding hydrogens is 426 g/mol. The van der Waals surface area contributed by atoms with Gasteiger partial charge in [-0.3, -0.25) is 19.0 Å². The van der Waals surface area contributed by atoms with Crippen LogP contribution in [0.1, 0.15) is 22.8 Å². The first-order valence-corrected chi connectivity index (χ1v) is 10.7. The van der Waals surface area contributed by atoms with Crippen molar-refractivity contribution < 1.29 is 9.59 Å². The van der Waals surface area contributed by atoms with E-state index in [0.717, 1.165) is 5.56 Å². The summed E-state index contributed by atoms with van der Waals surface area (Å²) in [6, 6.07) is 16.6. The molecule has 0 unspecified atom stereocenters. The summed E-state index contributed by atoms with van der Waals surface area (Å²) in [6.07, 6.45) is 1.34. The maximum Gasteiger partial charge on any atom is 0.273 e. The number of amides is 1. The number of ketones is 1. The molecule has 8 nitrogen and oxygen atoms in total. The van der Waals surface area contributed by atoms with E-state index in [1.54, 1.807) is 24.3 Å². The van der Waals surface area contributed by atoms with Crippen molar-refractivity contribution in [1.82, 2.24) is 14.5 Å². The predicted molar refractivity (Wildman–Crippen MR) is 125 cm³/mol. The Bertz CT molecular complexity index is 1330. The normalized spacial score (nSPS) is 10.8. The van der Waals surface area contributed by atoms with Crippen LogP contribution in [0.15, 0.2) is 65.7 Å². The highest BCUT2D eigenvalue weighted by Gasteiger charge is 2.15. The second-order valence-corrected chi connectivity index (χ2v) is 8.33. The van der Waals surface area contributed by atoms with Gasteiger partial charge in [-0.25, -0.2) is 4.98 Å². The quantitative estimate of drug-likeness (QED) is 0.437. The minimum Gasteiger partial charge on any atom is -0.347 e. The molecule has 0 radical (unpaired) electrons. The van der Waals surface area contributed by atoms with Crippen molar-refractivity contribution in [2.75, 3.05) is 17.3 Å². The number of hydrogen-bond donors (Lipinski definition) is 1. The number of nitrogens with one attached hydrogen (secondary N) is 1. The summed E-state index contributed by atoms with van der Waals surface area (Å²) in [6.45, 7) is 1.95. The number of benzene rings is 2. The average Bonchev–Trinajstić information content (AvgIpc) is 3.22. The summed E-state index contributed by atoms with van der Waals surface area (Å²) in [4.78, 5) is 47.4. The average molecular weight is 448 g/mol. The molecule has 0 fully saturated rings. The third-order valence-corrected chi connectivity index (χ3v) is 6.00. The van der Waals surface area contributed by atoms with E-state index < -0.39 is 0 Å². The number of thiazole rings is 1. The molecule has 9 heteroatoms. The smallest absolute Gasteiger partial charge is 0.273 e. The van der Waals surface area contributed by atoms with E-state index >= 15 is 0 Å². The Balaban J connectivity index is 1.48. The van der Waals surface area contributed by atoms with Crippen LogP contribution in [0, 0.1) is 0 Å². The van der Waals surface area contributed by atoms with Crippen LogP contribution in [-0.4, -0.2) is 33.3 Å². The van der Waals surface area contributed by atoms with Crippen LogP contribution < -0.4 is 15.8 Å². The van der Waals surface area contributed by atoms with Gasteiger partial charge in [-0.05, 0) is 36.8 Å². The molecule has 0 aliphatic heterocycles. The number of hydrogen-bond acceptors (Lipinski definition) is 7. The number of nitrogens with zero attached hydrogens (tertiary/aromatic N) is 4. The molecule has 32 heavy (non-hydrogen) atoms. The third kappa shape index (κ3) is 4.73. The lowest BCUT2D eigenvalue weighted by Crippen LogP contribution is -2.27. The van der Waals surface area contributed by atoms with E-state index in [1.807, 2.05) is 42.3 Å². The molecule has 4 aromatic rings. The molecule has 0 spiro atoms. The predicted octanol–water partition coefficient (Wildman–Crippen LogP) is 3.33. The van der Waals surface area contributed by atoms with Gasteiger partial charge in [-0.1, -0.05) is 41.7 Å². The van der Waals surface area contributed by atoms with Crippen molar-refractivity contribution in [1.29, 1.82) is 0 Å². The van der Waals surface area contributed by atoms with Crippen molar-refractivity contribution in [2.24, 2.45) is 0 Å². The molecule has 162 valence electrons. The van der Waals surface area contributed by atoms with Crippen molar-refractivity contribution in [3.63, 3.8) is 0 Å². The molecule has 0 bridgehead atoms. The lowest BCUT2D eigenvalue weighted by molar-refractivity contribution is -0.116. The van der Waals surface area contributed by atoms with Crippen molar-refractivity contribution >= 4 is 44.2 Å². The molecule has 1 amide bonds. The standard InChI is InChI=1S/C23H21N5O3S/c1-15(29)17-8-10-18(11-9-17)25-19(30)13-28-14-24-21-20(22(28)31)32-23(26-21)27(2)12-16-6-4-3-5-7-16/h3-11,14H,12-13H2,1-2H3,(H,25,30). The number of rotatable bonds is 7. The second kappa shape index (κ2) is 9.11. The van der Waals surface area contributed by atoms with Crippen LogP contribution in [0.5, 0.6) is 0 Å². The lowest BCUT2D eigenvalue weighted by Gasteiger charge is -2.15. The minimum absolute atomic E-state index is 0.0489. The molecule has 1 N–H and O–H groups in total. The molecule has 2 aromatic heterocycles. The molecule has 0 saturated heterocycles. The Hall–Kier alpha value is -3.85. The van der Waals surface area contributed by atoms with Crippen molar-refractivity contribution in [3.8, 4) is 0 Å². The number of Topliss-reactive ketones (excluding diaryl/α,β-unsaturated/α-hetero) is 1. The first-order chi connectivity index (χ1) is 15.4. The zero-order chi connectivity index (χ0) is 22.7. The van der Waals surface area contributed by atoms with Crippen LogP contribution in [-0.2, 0) is 17.9 Å². The number of carbonyl (C=O) groups excluding carboxylic acids is 2. The third-order valence-electron chi connectivity index (χ3n) is 4.85. The molecule has 2 heterocycles. The van der Waals surface area contributed by atoms with E-state index in [-0.39, 0.29) is 23.8 Å². The van der Waals surface area contributed by atoms with Gasteiger partial charge in [0.15, 0.2) is 16.6 Å². The number of anilines is 2. The van der Waals surface area contributed by atoms with Gasteiger partial charge >= 0.3 is 0 Å². The zero-order valence-electron chi connectivity index (χ0n) is 17.6. The van der Waals surface area contributed by atoms with Gasteiger partial charge in [0.05, 0.1) is 0 Å². The van der Waals surface area contributed by atoms with E-state index in [9.17, 15) is 14.4 Å². The van der Waals surface area contributed by atoms with Crippen LogP contribution in [0.3, 0.4) is 0 Å². The van der Waals surface area contributed by atoms with Gasteiger partial charge in [0, 0.05) is 24.8 Å². The molecule has 0 aliphatic carbocycles. The highest BCUT2D eigenvalue weighted by molar-refractivity contribution is 7.22. The Morgan fingerprint density at radius 1 is 1.09 bits per heavy atom. The molecular formula is C23H21N5O3S. The second-order valence-electron chi connectivity index (χ2n) is 7.35. The van der Waals surface area contributed by atoms with Gasteiger partial charge in [-0.15, -0.1) is 0 Å². The summed E-state index contributed by atoms with van der Waals surface area (Å²) in [5, 5.41) is 3.41. The van der Waals surface area contributed by atoms with Gasteiger partial charge < -0.3 is 10.2 Å². The molecule has 4 rings (SSSR count). The summed E-state index contributed by atoms with van der Waals surface area (Å²) in [7, 11) is 1.91. The van der Waals surface area contributed by atoms with Gasteiger partial charge in [0.2, 0.25) is 5.91 Å². The van der Waals surface area contributed by atoms with Crippen LogP contribution in [0.25, 0.3) is 10.3 Å². The number of carbonyl (C=O) groups is 2. The molecule has 0 saturated carbocycles. The van der Waals surface area contributed by atoms with Crippen molar-refractivity contribution in [2.45, 2.75) is 20.0 Å². The van der Waals surface area contributed by atoms with Crippen molar-refractivity contribution in [3.05, 3.63) is 82.4 Å². The topological polar surface area (TPSA) is 97.2 Å². The van der Waals surface area contributed by atoms with Crippen LogP contribution in [0.2, 0.25) is 0 Å². The fourth-order valence-electron chi connectivity index (χ4n) is 3.18. The molecule has 2 aromatic carbocycles. The van der Waals surface area contributed by atoms with Gasteiger partial charge in [0.25, 0.3) is 5.56 Å². The fourth-order valence-corrected chi connectivity index (χ4v) is 4.11. The Labute approximate surface area is 188 Å². The van der Waals surface area contributed by atoms with E-state index in [0.29, 0.717) is 33.3 Å². The van der Waals surface area contributed by atoms with E-state index in [1.165, 1.54) is 29.2 Å². The summed E-state index contributed by atoms with van der Waals surface area (Å²) < 4.78 is 1.67. The van der Waals surface area contributed by atoms with Gasteiger partial charge in [-0.2, -0.15) is 4.98 Å². The molecule has 0 atom stereocenters. The Kier molecular flexibility index (Phi) is 6.09. The maximum atomic E-state index is 12.9. The summed E-state index contributed by atoms with van der Waals surface area (Å²) in [5.41, 5.74) is 2.30. The number of aromatic nitrogens is 3. The van der Waals surface area contributed by atoms with Gasteiger partial charge in [0.1, 0.15) is 17.6 Å². The van der Waals surface area contributed by atoms with E-state index in [2.05, 4.69) is 15.3 Å². The summed E-state index contributed by atoms with van der Waals surface area (Å²) in [5.74, 6) is -0.415. The zero-order valence-corrected chi connectivity index (χ0v) is 18.4. The maximum absolute atomic E-state index is 12.9. The SMILES string of the molecule is CC(=O)c1ccc(NC(=O)Cn2cnc3nc(N(C)Cc4ccccc4)sc3c2=O)cc1. The fraction of sp³-hybridized carbons (Fsp3) is 0.174. The highest BCUT2D eigenvalue weighted by atomic mass is 32.1. The minimum atomic E-state index is -0.366. The van der Waals surface area contributed by atoms with Crippen LogP contribution >= 0.6 is 11.3 Å². The summed E-state index contributed by atoms with van der Waals surface area (Å²) >= 11 is 1.26. The van der Waals surface area contributed by atoms with E-state index in [4.69, 9.17) is 0 Å². The first-order valence-electron chi connectivity index (χ1n) is 9.92.